The van der Waals surface area contributed by atoms with Crippen LogP contribution in [0.25, 0.3) is 11.0 Å². The summed E-state index contributed by atoms with van der Waals surface area (Å²) in [6, 6.07) is 10.3. The Morgan fingerprint density at radius 2 is 2.21 bits per heavy atom. The zero-order valence-corrected chi connectivity index (χ0v) is 11.6. The quantitative estimate of drug-likeness (QED) is 0.608. The second kappa shape index (κ2) is 6.55. The van der Waals surface area contributed by atoms with Gasteiger partial charge in [-0.3, -0.25) is 0 Å². The molecule has 0 aliphatic heterocycles. The van der Waals surface area contributed by atoms with Gasteiger partial charge >= 0.3 is 0 Å². The first-order chi connectivity index (χ1) is 9.16. The van der Waals surface area contributed by atoms with Crippen LogP contribution in [0.1, 0.15) is 25.6 Å². The second-order valence-electron chi connectivity index (χ2n) is 4.87. The summed E-state index contributed by atoms with van der Waals surface area (Å²) in [5, 5.41) is 4.53. The van der Waals surface area contributed by atoms with Crippen molar-refractivity contribution in [3.8, 4) is 0 Å². The van der Waals surface area contributed by atoms with E-state index in [1.165, 1.54) is 0 Å². The molecule has 1 atom stereocenters. The minimum atomic E-state index is 0.181. The molecule has 1 heterocycles. The summed E-state index contributed by atoms with van der Waals surface area (Å²) in [7, 11) is 0. The number of fused-ring (bicyclic) bond motifs is 1. The lowest BCUT2D eigenvalue weighted by atomic mass is 10.2. The van der Waals surface area contributed by atoms with Crippen molar-refractivity contribution < 1.29 is 9.15 Å². The van der Waals surface area contributed by atoms with Gasteiger partial charge in [-0.1, -0.05) is 30.4 Å². The third-order valence-electron chi connectivity index (χ3n) is 2.92. The van der Waals surface area contributed by atoms with Gasteiger partial charge in [0.2, 0.25) is 0 Å². The number of hydrogen-bond donors (Lipinski definition) is 1. The van der Waals surface area contributed by atoms with Crippen LogP contribution in [0.5, 0.6) is 0 Å². The first-order valence-electron chi connectivity index (χ1n) is 6.61. The van der Waals surface area contributed by atoms with Crippen LogP contribution in [0, 0.1) is 0 Å². The molecule has 0 saturated heterocycles. The number of benzene rings is 1. The van der Waals surface area contributed by atoms with Gasteiger partial charge < -0.3 is 14.5 Å². The highest BCUT2D eigenvalue weighted by atomic mass is 16.5. The first kappa shape index (κ1) is 13.8. The fourth-order valence-corrected chi connectivity index (χ4v) is 1.91. The van der Waals surface area contributed by atoms with Crippen LogP contribution in [0.3, 0.4) is 0 Å². The molecular formula is C16H21NO2. The Morgan fingerprint density at radius 3 is 2.95 bits per heavy atom. The van der Waals surface area contributed by atoms with E-state index < -0.39 is 0 Å². The van der Waals surface area contributed by atoms with Crippen LogP contribution in [0.4, 0.5) is 0 Å². The van der Waals surface area contributed by atoms with E-state index in [9.17, 15) is 0 Å². The van der Waals surface area contributed by atoms with Gasteiger partial charge in [-0.25, -0.2) is 0 Å². The van der Waals surface area contributed by atoms with Gasteiger partial charge in [0, 0.05) is 11.9 Å². The molecule has 0 amide bonds. The van der Waals surface area contributed by atoms with Gasteiger partial charge in [-0.15, -0.1) is 0 Å². The summed E-state index contributed by atoms with van der Waals surface area (Å²) >= 11 is 0. The largest absolute Gasteiger partial charge is 0.459 e. The summed E-state index contributed by atoms with van der Waals surface area (Å²) in [5.41, 5.74) is 1.98. The fraction of sp³-hybridized carbons (Fsp3) is 0.375. The van der Waals surface area contributed by atoms with Gasteiger partial charge in [-0.05, 0) is 26.0 Å². The van der Waals surface area contributed by atoms with Crippen LogP contribution >= 0.6 is 0 Å². The van der Waals surface area contributed by atoms with Gasteiger partial charge in [0.25, 0.3) is 0 Å². The number of hydrogen-bond acceptors (Lipinski definition) is 3. The predicted octanol–water partition coefficient (Wildman–Crippen LogP) is 3.68. The Bertz CT molecular complexity index is 511. The third-order valence-corrected chi connectivity index (χ3v) is 2.92. The Kier molecular flexibility index (Phi) is 4.77. The zero-order chi connectivity index (χ0) is 13.7. The molecule has 0 radical (unpaired) electrons. The predicted molar refractivity (Wildman–Crippen MR) is 78.3 cm³/mol. The molecule has 0 fully saturated rings. The molecule has 3 nitrogen and oxygen atoms in total. The van der Waals surface area contributed by atoms with Crippen LogP contribution < -0.4 is 5.32 Å². The van der Waals surface area contributed by atoms with Crippen molar-refractivity contribution in [2.45, 2.75) is 19.9 Å². The number of ether oxygens (including phenoxy) is 1. The maximum absolute atomic E-state index is 5.81. The van der Waals surface area contributed by atoms with Gasteiger partial charge in [0.05, 0.1) is 19.3 Å². The Hall–Kier alpha value is -1.58. The topological polar surface area (TPSA) is 34.4 Å². The minimum absolute atomic E-state index is 0.181. The fourth-order valence-electron chi connectivity index (χ4n) is 1.91. The Balaban J connectivity index is 1.82. The summed E-state index contributed by atoms with van der Waals surface area (Å²) < 4.78 is 11.3. The van der Waals surface area contributed by atoms with E-state index in [4.69, 9.17) is 9.15 Å². The maximum atomic E-state index is 5.81. The highest BCUT2D eigenvalue weighted by molar-refractivity contribution is 5.77. The van der Waals surface area contributed by atoms with Gasteiger partial charge in [0.1, 0.15) is 11.3 Å². The van der Waals surface area contributed by atoms with Crippen LogP contribution in [-0.2, 0) is 4.74 Å². The third kappa shape index (κ3) is 3.94. The highest BCUT2D eigenvalue weighted by Crippen LogP contribution is 2.23. The molecule has 1 N–H and O–H groups in total. The molecule has 2 rings (SSSR count). The average molecular weight is 259 g/mol. The monoisotopic (exact) mass is 259 g/mol. The molecule has 0 saturated carbocycles. The smallest absolute Gasteiger partial charge is 0.134 e. The first-order valence-corrected chi connectivity index (χ1v) is 6.61. The molecule has 102 valence electrons. The molecular weight excluding hydrogens is 238 g/mol. The minimum Gasteiger partial charge on any atom is -0.459 e. The summed E-state index contributed by atoms with van der Waals surface area (Å²) in [6.07, 6.45) is 0. The molecule has 1 aromatic carbocycles. The normalized spacial score (nSPS) is 12.7. The SMILES string of the molecule is C=C(C)COCCNC(C)c1cc2ccccc2o1. The van der Waals surface area contributed by atoms with Crippen molar-refractivity contribution in [3.63, 3.8) is 0 Å². The zero-order valence-electron chi connectivity index (χ0n) is 11.6. The van der Waals surface area contributed by atoms with E-state index in [1.54, 1.807) is 0 Å². The van der Waals surface area contributed by atoms with Crippen molar-refractivity contribution >= 4 is 11.0 Å². The molecule has 3 heteroatoms. The van der Waals surface area contributed by atoms with Crippen molar-refractivity contribution in [2.75, 3.05) is 19.8 Å². The van der Waals surface area contributed by atoms with E-state index in [2.05, 4.69) is 31.0 Å². The Morgan fingerprint density at radius 1 is 1.42 bits per heavy atom. The Labute approximate surface area is 114 Å². The van der Waals surface area contributed by atoms with Crippen LogP contribution in [0.15, 0.2) is 46.9 Å². The van der Waals surface area contributed by atoms with Crippen molar-refractivity contribution in [1.82, 2.24) is 5.32 Å². The van der Waals surface area contributed by atoms with E-state index in [-0.39, 0.29) is 6.04 Å². The lowest BCUT2D eigenvalue weighted by molar-refractivity contribution is 0.155. The summed E-state index contributed by atoms with van der Waals surface area (Å²) in [4.78, 5) is 0. The molecule has 0 aliphatic rings. The maximum Gasteiger partial charge on any atom is 0.134 e. The highest BCUT2D eigenvalue weighted by Gasteiger charge is 2.10. The summed E-state index contributed by atoms with van der Waals surface area (Å²) in [5.74, 6) is 0.959. The number of para-hydroxylation sites is 1. The number of furan rings is 1. The van der Waals surface area contributed by atoms with Crippen molar-refractivity contribution in [3.05, 3.63) is 48.2 Å². The lowest BCUT2D eigenvalue weighted by Crippen LogP contribution is -2.23. The van der Waals surface area contributed by atoms with Crippen LogP contribution in [-0.4, -0.2) is 19.8 Å². The lowest BCUT2D eigenvalue weighted by Gasteiger charge is -2.11. The van der Waals surface area contributed by atoms with Crippen molar-refractivity contribution in [2.24, 2.45) is 0 Å². The average Bonchev–Trinajstić information content (AvgIpc) is 2.81. The molecule has 19 heavy (non-hydrogen) atoms. The molecule has 0 aliphatic carbocycles. The van der Waals surface area contributed by atoms with E-state index >= 15 is 0 Å². The molecule has 1 aromatic heterocycles. The standard InChI is InChI=1S/C16H21NO2/c1-12(2)11-18-9-8-17-13(3)16-10-14-6-4-5-7-15(14)19-16/h4-7,10,13,17H,1,8-9,11H2,2-3H3. The van der Waals surface area contributed by atoms with E-state index in [1.807, 2.05) is 25.1 Å². The number of rotatable bonds is 7. The molecule has 2 aromatic rings. The van der Waals surface area contributed by atoms with E-state index in [0.717, 1.165) is 28.8 Å². The summed E-state index contributed by atoms with van der Waals surface area (Å²) in [6.45, 7) is 9.96. The van der Waals surface area contributed by atoms with Gasteiger partial charge in [0.15, 0.2) is 0 Å². The molecule has 0 spiro atoms. The van der Waals surface area contributed by atoms with E-state index in [0.29, 0.717) is 13.2 Å². The van der Waals surface area contributed by atoms with Crippen molar-refractivity contribution in [1.29, 1.82) is 0 Å². The second-order valence-corrected chi connectivity index (χ2v) is 4.87. The van der Waals surface area contributed by atoms with Crippen LogP contribution in [0.2, 0.25) is 0 Å². The number of nitrogens with one attached hydrogen (secondary N) is 1. The molecule has 1 unspecified atom stereocenters. The van der Waals surface area contributed by atoms with Gasteiger partial charge in [-0.2, -0.15) is 0 Å². The molecule has 0 bridgehead atoms.